The van der Waals surface area contributed by atoms with Crippen LogP contribution < -0.4 is 18.9 Å². The van der Waals surface area contributed by atoms with E-state index in [-0.39, 0.29) is 41.7 Å². The Morgan fingerprint density at radius 3 is 1.44 bits per heavy atom. The summed E-state index contributed by atoms with van der Waals surface area (Å²) in [6, 6.07) is 20.4. The number of esters is 1. The predicted octanol–water partition coefficient (Wildman–Crippen LogP) is 7.15. The second-order valence-electron chi connectivity index (χ2n) is 12.1. The smallest absolute Gasteiger partial charge is 0.870 e. The number of aryl methyl sites for hydroxylation is 4. The molecule has 55 heavy (non-hydrogen) atoms. The number of hydrogen-bond donors (Lipinski definition) is 1. The third-order valence-electron chi connectivity index (χ3n) is 8.62. The second-order valence-corrected chi connectivity index (χ2v) is 12.9. The number of carbonyl (C=O) groups is 2. The van der Waals surface area contributed by atoms with Crippen molar-refractivity contribution >= 4 is 57.1 Å². The molecule has 8 rings (SSSR count). The van der Waals surface area contributed by atoms with E-state index in [9.17, 15) is 9.59 Å². The van der Waals surface area contributed by atoms with Gasteiger partial charge in [0.05, 0.1) is 18.2 Å². The summed E-state index contributed by atoms with van der Waals surface area (Å²) in [5, 5.41) is 20.1. The van der Waals surface area contributed by atoms with Crippen molar-refractivity contribution in [1.82, 2.24) is 20.3 Å². The largest absolute Gasteiger partial charge is 1.00 e. The van der Waals surface area contributed by atoms with Crippen LogP contribution in [0, 0.1) is 27.7 Å². The average molecular weight is 776 g/mol. The average Bonchev–Trinajstić information content (AvgIpc) is 3.99. The Kier molecular flexibility index (Phi) is 12.0. The van der Waals surface area contributed by atoms with Crippen molar-refractivity contribution in [3.8, 4) is 46.1 Å². The van der Waals surface area contributed by atoms with Gasteiger partial charge in [0, 0.05) is 31.9 Å². The summed E-state index contributed by atoms with van der Waals surface area (Å²) in [6.45, 7) is 7.71. The number of fused-ring (bicyclic) bond motifs is 2. The number of aromatic nitrogens is 4. The minimum absolute atomic E-state index is 0. The molecule has 274 valence electrons. The van der Waals surface area contributed by atoms with E-state index in [1.807, 2.05) is 52.0 Å². The maximum absolute atomic E-state index is 11.5. The van der Waals surface area contributed by atoms with E-state index < -0.39 is 11.9 Å². The summed E-state index contributed by atoms with van der Waals surface area (Å²) >= 11 is 12.5. The van der Waals surface area contributed by atoms with E-state index in [1.165, 1.54) is 19.2 Å². The van der Waals surface area contributed by atoms with Gasteiger partial charge in [-0.3, -0.25) is 0 Å². The van der Waals surface area contributed by atoms with Crippen molar-refractivity contribution in [3.63, 3.8) is 0 Å². The first-order valence-electron chi connectivity index (χ1n) is 16.0. The summed E-state index contributed by atoms with van der Waals surface area (Å²) in [5.74, 6) is 0.802. The first-order chi connectivity index (χ1) is 25.4. The van der Waals surface area contributed by atoms with Gasteiger partial charge in [0.2, 0.25) is 11.6 Å². The molecule has 0 radical (unpaired) electrons. The Morgan fingerprint density at radius 2 is 1.05 bits per heavy atom. The molecule has 0 saturated heterocycles. The zero-order valence-electron chi connectivity index (χ0n) is 30.2. The van der Waals surface area contributed by atoms with Crippen molar-refractivity contribution < 1.29 is 61.6 Å². The normalized spacial score (nSPS) is 10.7. The van der Waals surface area contributed by atoms with E-state index in [4.69, 9.17) is 46.2 Å². The van der Waals surface area contributed by atoms with Crippen LogP contribution in [0.3, 0.4) is 0 Å². The Labute approximate surface area is 334 Å². The zero-order valence-corrected chi connectivity index (χ0v) is 31.7. The third kappa shape index (κ3) is 7.93. The number of hydrogen-bond acceptors (Lipinski definition) is 12. The molecule has 13 nitrogen and oxygen atoms in total. The van der Waals surface area contributed by atoms with Gasteiger partial charge >= 0.3 is 30.8 Å². The Morgan fingerprint density at radius 1 is 0.655 bits per heavy atom. The fourth-order valence-electron chi connectivity index (χ4n) is 5.64. The van der Waals surface area contributed by atoms with Gasteiger partial charge in [0.25, 0.3) is 11.8 Å². The van der Waals surface area contributed by atoms with Gasteiger partial charge in [-0.2, -0.15) is 9.97 Å². The Bertz CT molecular complexity index is 2680. The van der Waals surface area contributed by atoms with E-state index in [2.05, 4.69) is 25.0 Å². The Balaban J connectivity index is 0.000000204. The quantitative estimate of drug-likeness (QED) is 0.132. The number of nitrogens with zero attached hydrogens (tertiary/aromatic N) is 4. The molecule has 0 bridgehead atoms. The van der Waals surface area contributed by atoms with Crippen LogP contribution in [-0.2, 0) is 4.74 Å². The molecule has 4 aromatic heterocycles. The topological polar surface area (TPSA) is 198 Å². The second kappa shape index (κ2) is 16.4. The molecule has 0 aliphatic rings. The summed E-state index contributed by atoms with van der Waals surface area (Å²) in [6.07, 6.45) is 0. The summed E-state index contributed by atoms with van der Waals surface area (Å²) in [4.78, 5) is 31.2. The van der Waals surface area contributed by atoms with Crippen LogP contribution in [0.5, 0.6) is 0 Å². The minimum atomic E-state index is -0.989. The van der Waals surface area contributed by atoms with Crippen LogP contribution >= 0.6 is 23.2 Å². The monoisotopic (exact) mass is 774 g/mol. The molecule has 0 unspecified atom stereocenters. The first kappa shape index (κ1) is 40.5. The maximum atomic E-state index is 11.5. The summed E-state index contributed by atoms with van der Waals surface area (Å²) in [7, 11) is 1.34. The standard InChI is InChI=1S/C20H15ClN2O4.C19H13ClN2O4.Li.H2O/c1-10-8-15(21)11(2)14-9-16(26-17(10)14)19-22-18(23-27-19)12-4-6-13(7-5-12)20(24)25-3;1-9-7-14(20)10(2)13-8-15(25-16(9)13)18-21-17(22-26-18)11-3-5-12(6-4-11)19(23)24;;/h4-9H,1-3H3;3-8H,1-2H3,(H,23,24);;1H2/q;;+1;/p-1. The van der Waals surface area contributed by atoms with Crippen molar-refractivity contribution in [2.75, 3.05) is 7.11 Å². The molecule has 8 aromatic rings. The van der Waals surface area contributed by atoms with Gasteiger partial charge in [-0.05, 0) is 98.5 Å². The fourth-order valence-corrected chi connectivity index (χ4v) is 6.17. The zero-order chi connectivity index (χ0) is 37.6. The van der Waals surface area contributed by atoms with E-state index in [0.29, 0.717) is 49.9 Å². The summed E-state index contributed by atoms with van der Waals surface area (Å²) < 4.78 is 27.2. The van der Waals surface area contributed by atoms with Crippen LogP contribution in [0.15, 0.2) is 90.7 Å². The van der Waals surface area contributed by atoms with E-state index in [0.717, 1.165) is 44.2 Å². The molecule has 0 aliphatic carbocycles. The predicted molar refractivity (Wildman–Crippen MR) is 199 cm³/mol. The third-order valence-corrected chi connectivity index (χ3v) is 9.40. The van der Waals surface area contributed by atoms with Crippen molar-refractivity contribution in [3.05, 3.63) is 116 Å². The van der Waals surface area contributed by atoms with Gasteiger partial charge in [-0.1, -0.05) is 57.8 Å². The molecule has 0 amide bonds. The number of aromatic carboxylic acids is 1. The number of ether oxygens (including phenoxy) is 1. The van der Waals surface area contributed by atoms with Gasteiger partial charge in [0.15, 0.2) is 11.5 Å². The fraction of sp³-hybridized carbons (Fsp3) is 0.128. The molecule has 0 saturated carbocycles. The number of furan rings is 2. The van der Waals surface area contributed by atoms with E-state index in [1.54, 1.807) is 36.4 Å². The van der Waals surface area contributed by atoms with Crippen molar-refractivity contribution in [2.45, 2.75) is 27.7 Å². The number of halogens is 2. The number of carbonyl (C=O) groups excluding carboxylic acids is 1. The number of carboxylic acid groups (broad SMARTS) is 1. The van der Waals surface area contributed by atoms with Crippen LogP contribution in [0.2, 0.25) is 10.0 Å². The SMILES string of the molecule is COC(=O)c1ccc(-c2noc(-c3cc4c(C)c(Cl)cc(C)c4o3)n2)cc1.Cc1c(Cl)cc(C)c2oc(-c3nc(-c4ccc(C(=O)O)cc4)no3)cc12.[Li+].[OH-]. The van der Waals surface area contributed by atoms with E-state index >= 15 is 0 Å². The first-order valence-corrected chi connectivity index (χ1v) is 16.8. The molecule has 0 fully saturated rings. The van der Waals surface area contributed by atoms with Crippen LogP contribution in [-0.4, -0.2) is 49.9 Å². The molecule has 0 aliphatic heterocycles. The molecule has 0 atom stereocenters. The van der Waals surface area contributed by atoms with Gasteiger partial charge < -0.3 is 33.2 Å². The van der Waals surface area contributed by atoms with Crippen LogP contribution in [0.4, 0.5) is 0 Å². The number of methoxy groups -OCH3 is 1. The molecular weight excluding hydrogens is 746 g/mol. The van der Waals surface area contributed by atoms with Crippen molar-refractivity contribution in [1.29, 1.82) is 0 Å². The van der Waals surface area contributed by atoms with Crippen LogP contribution in [0.1, 0.15) is 43.0 Å². The molecular formula is C39H29Cl2LiN4O9. The van der Waals surface area contributed by atoms with Gasteiger partial charge in [-0.15, -0.1) is 0 Å². The number of benzene rings is 4. The molecule has 4 aromatic carbocycles. The number of carboxylic acids is 1. The molecule has 2 N–H and O–H groups in total. The van der Waals surface area contributed by atoms with Crippen LogP contribution in [0.25, 0.3) is 68.0 Å². The van der Waals surface area contributed by atoms with Gasteiger partial charge in [0.1, 0.15) is 11.2 Å². The Hall–Kier alpha value is -5.68. The molecule has 4 heterocycles. The molecule has 0 spiro atoms. The van der Waals surface area contributed by atoms with Gasteiger partial charge in [-0.25, -0.2) is 9.59 Å². The maximum Gasteiger partial charge on any atom is 1.00 e. The van der Waals surface area contributed by atoms with Crippen molar-refractivity contribution in [2.24, 2.45) is 0 Å². The molecule has 16 heteroatoms. The summed E-state index contributed by atoms with van der Waals surface area (Å²) in [5.41, 5.74) is 7.19. The number of rotatable bonds is 6. The minimum Gasteiger partial charge on any atom is -0.870 e.